The molecule has 1 heterocycles. The van der Waals surface area contributed by atoms with Gasteiger partial charge in [-0.15, -0.1) is 0 Å². The van der Waals surface area contributed by atoms with E-state index in [1.165, 1.54) is 6.92 Å². The summed E-state index contributed by atoms with van der Waals surface area (Å²) in [5, 5.41) is 15.9. The lowest BCUT2D eigenvalue weighted by Crippen LogP contribution is -2.27. The Hall–Kier alpha value is -1.55. The van der Waals surface area contributed by atoms with E-state index in [1.54, 1.807) is 6.07 Å². The van der Waals surface area contributed by atoms with Gasteiger partial charge in [-0.25, -0.2) is 0 Å². The number of anilines is 1. The van der Waals surface area contributed by atoms with Crippen LogP contribution in [0.5, 0.6) is 5.75 Å². The normalized spacial score (nSPS) is 16.8. The quantitative estimate of drug-likeness (QED) is 0.684. The highest BCUT2D eigenvalue weighted by atomic mass is 16.3. The fourth-order valence-corrected chi connectivity index (χ4v) is 2.34. The van der Waals surface area contributed by atoms with Crippen molar-refractivity contribution < 1.29 is 9.90 Å². The van der Waals surface area contributed by atoms with Gasteiger partial charge >= 0.3 is 0 Å². The summed E-state index contributed by atoms with van der Waals surface area (Å²) >= 11 is 0. The number of phenolic OH excluding ortho intramolecular Hbond substituents is 1. The van der Waals surface area contributed by atoms with Crippen molar-refractivity contribution in [1.82, 2.24) is 5.32 Å². The van der Waals surface area contributed by atoms with Crippen molar-refractivity contribution in [3.8, 4) is 5.75 Å². The second-order valence-electron chi connectivity index (χ2n) is 4.45. The highest BCUT2D eigenvalue weighted by Gasteiger charge is 2.20. The number of carbonyl (C=O) groups excluding carboxylic acids is 1. The average Bonchev–Trinajstić information content (AvgIpc) is 2.32. The molecule has 1 aliphatic rings. The van der Waals surface area contributed by atoms with Crippen LogP contribution in [0.15, 0.2) is 18.2 Å². The van der Waals surface area contributed by atoms with Crippen LogP contribution >= 0.6 is 0 Å². The Morgan fingerprint density at radius 2 is 2.12 bits per heavy atom. The fraction of sp³-hybridized carbons (Fsp3) is 0.462. The summed E-state index contributed by atoms with van der Waals surface area (Å²) in [6, 6.07) is 5.43. The number of nitrogens with one attached hydrogen (secondary N) is 2. The molecule has 1 aromatic carbocycles. The van der Waals surface area contributed by atoms with Crippen LogP contribution in [0.25, 0.3) is 0 Å². The molecule has 4 heteroatoms. The number of carbonyl (C=O) groups is 1. The molecule has 0 bridgehead atoms. The first kappa shape index (κ1) is 11.9. The molecule has 3 N–H and O–H groups in total. The summed E-state index contributed by atoms with van der Waals surface area (Å²) in [5.41, 5.74) is 1.62. The topological polar surface area (TPSA) is 61.4 Å². The minimum Gasteiger partial charge on any atom is -0.506 e. The van der Waals surface area contributed by atoms with E-state index in [1.807, 2.05) is 12.1 Å². The molecular weight excluding hydrogens is 216 g/mol. The third-order valence-electron chi connectivity index (χ3n) is 3.15. The number of phenols is 1. The van der Waals surface area contributed by atoms with Crippen molar-refractivity contribution in [1.29, 1.82) is 0 Å². The van der Waals surface area contributed by atoms with E-state index in [0.29, 0.717) is 11.6 Å². The lowest BCUT2D eigenvalue weighted by molar-refractivity contribution is -0.114. The summed E-state index contributed by atoms with van der Waals surface area (Å²) in [4.78, 5) is 11.2. The predicted octanol–water partition coefficient (Wildman–Crippen LogP) is 1.82. The van der Waals surface area contributed by atoms with E-state index in [2.05, 4.69) is 10.6 Å². The molecule has 0 saturated carbocycles. The largest absolute Gasteiger partial charge is 0.506 e. The van der Waals surface area contributed by atoms with E-state index < -0.39 is 0 Å². The summed E-state index contributed by atoms with van der Waals surface area (Å²) in [5.74, 6) is 0.406. The molecule has 17 heavy (non-hydrogen) atoms. The molecule has 1 fully saturated rings. The maximum Gasteiger partial charge on any atom is 0.221 e. The molecule has 0 spiro atoms. The Labute approximate surface area is 101 Å². The SMILES string of the molecule is CC(=O)Nc1c(O)cccc1C1CCNCC1. The zero-order chi connectivity index (χ0) is 12.3. The molecule has 0 radical (unpaired) electrons. The summed E-state index contributed by atoms with van der Waals surface area (Å²) in [7, 11) is 0. The lowest BCUT2D eigenvalue weighted by atomic mass is 9.89. The molecule has 1 aromatic rings. The highest BCUT2D eigenvalue weighted by molar-refractivity contribution is 5.91. The summed E-state index contributed by atoms with van der Waals surface area (Å²) < 4.78 is 0. The molecule has 4 nitrogen and oxygen atoms in total. The lowest BCUT2D eigenvalue weighted by Gasteiger charge is -2.25. The maximum absolute atomic E-state index is 11.2. The molecule has 1 amide bonds. The number of benzene rings is 1. The van der Waals surface area contributed by atoms with E-state index in [-0.39, 0.29) is 11.7 Å². The van der Waals surface area contributed by atoms with Gasteiger partial charge in [-0.3, -0.25) is 4.79 Å². The van der Waals surface area contributed by atoms with Crippen LogP contribution in [0.4, 0.5) is 5.69 Å². The molecular formula is C13H18N2O2. The molecule has 0 atom stereocenters. The van der Waals surface area contributed by atoms with E-state index in [4.69, 9.17) is 0 Å². The van der Waals surface area contributed by atoms with Crippen molar-refractivity contribution in [3.63, 3.8) is 0 Å². The van der Waals surface area contributed by atoms with Crippen molar-refractivity contribution >= 4 is 11.6 Å². The van der Waals surface area contributed by atoms with Crippen molar-refractivity contribution in [2.75, 3.05) is 18.4 Å². The van der Waals surface area contributed by atoms with Gasteiger partial charge in [0.25, 0.3) is 0 Å². The Balaban J connectivity index is 2.30. The fourth-order valence-electron chi connectivity index (χ4n) is 2.34. The number of para-hydroxylation sites is 1. The van der Waals surface area contributed by atoms with Crippen LogP contribution in [0, 0.1) is 0 Å². The second-order valence-corrected chi connectivity index (χ2v) is 4.45. The van der Waals surface area contributed by atoms with Gasteiger partial charge in [-0.2, -0.15) is 0 Å². The van der Waals surface area contributed by atoms with Gasteiger partial charge in [0.2, 0.25) is 5.91 Å². The van der Waals surface area contributed by atoms with E-state index in [9.17, 15) is 9.90 Å². The first-order chi connectivity index (χ1) is 8.18. The molecule has 1 aliphatic heterocycles. The number of aromatic hydroxyl groups is 1. The smallest absolute Gasteiger partial charge is 0.221 e. The van der Waals surface area contributed by atoms with Crippen molar-refractivity contribution in [3.05, 3.63) is 23.8 Å². The summed E-state index contributed by atoms with van der Waals surface area (Å²) in [6.45, 7) is 3.43. The van der Waals surface area contributed by atoms with E-state index >= 15 is 0 Å². The summed E-state index contributed by atoms with van der Waals surface area (Å²) in [6.07, 6.45) is 2.08. The maximum atomic E-state index is 11.2. The minimum absolute atomic E-state index is 0.149. The van der Waals surface area contributed by atoms with Gasteiger partial charge in [-0.1, -0.05) is 12.1 Å². The van der Waals surface area contributed by atoms with Crippen LogP contribution < -0.4 is 10.6 Å². The monoisotopic (exact) mass is 234 g/mol. The molecule has 2 rings (SSSR count). The third-order valence-corrected chi connectivity index (χ3v) is 3.15. The molecule has 0 aromatic heterocycles. The van der Waals surface area contributed by atoms with E-state index in [0.717, 1.165) is 31.5 Å². The Morgan fingerprint density at radius 3 is 2.76 bits per heavy atom. The van der Waals surface area contributed by atoms with Gasteiger partial charge < -0.3 is 15.7 Å². The molecule has 0 unspecified atom stereocenters. The zero-order valence-electron chi connectivity index (χ0n) is 9.99. The first-order valence-corrected chi connectivity index (χ1v) is 5.98. The van der Waals surface area contributed by atoms with Gasteiger partial charge in [0, 0.05) is 6.92 Å². The molecule has 92 valence electrons. The van der Waals surface area contributed by atoms with Crippen molar-refractivity contribution in [2.45, 2.75) is 25.7 Å². The molecule has 0 aliphatic carbocycles. The van der Waals surface area contributed by atoms with Crippen molar-refractivity contribution in [2.24, 2.45) is 0 Å². The average molecular weight is 234 g/mol. The van der Waals surface area contributed by atoms with Gasteiger partial charge in [0.1, 0.15) is 5.75 Å². The first-order valence-electron chi connectivity index (χ1n) is 5.98. The molecule has 1 saturated heterocycles. The number of hydrogen-bond acceptors (Lipinski definition) is 3. The standard InChI is InChI=1S/C13H18N2O2/c1-9(16)15-13-11(3-2-4-12(13)17)10-5-7-14-8-6-10/h2-4,10,14,17H,5-8H2,1H3,(H,15,16). The Bertz CT molecular complexity index is 412. The second kappa shape index (κ2) is 5.19. The van der Waals surface area contributed by atoms with Crippen LogP contribution in [-0.2, 0) is 4.79 Å². The Morgan fingerprint density at radius 1 is 1.41 bits per heavy atom. The minimum atomic E-state index is -0.151. The van der Waals surface area contributed by atoms with Crippen LogP contribution in [0.2, 0.25) is 0 Å². The van der Waals surface area contributed by atoms with Crippen LogP contribution in [-0.4, -0.2) is 24.1 Å². The number of piperidine rings is 1. The Kier molecular flexibility index (Phi) is 3.64. The van der Waals surface area contributed by atoms with Gasteiger partial charge in [-0.05, 0) is 43.5 Å². The number of hydrogen-bond donors (Lipinski definition) is 3. The number of rotatable bonds is 2. The van der Waals surface area contributed by atoms with Gasteiger partial charge in [0.05, 0.1) is 5.69 Å². The highest BCUT2D eigenvalue weighted by Crippen LogP contribution is 2.36. The van der Waals surface area contributed by atoms with Gasteiger partial charge in [0.15, 0.2) is 0 Å². The van der Waals surface area contributed by atoms with Crippen LogP contribution in [0.3, 0.4) is 0 Å². The zero-order valence-corrected chi connectivity index (χ0v) is 9.99. The third kappa shape index (κ3) is 2.77. The van der Waals surface area contributed by atoms with Crippen LogP contribution in [0.1, 0.15) is 31.2 Å². The number of amides is 1. The predicted molar refractivity (Wildman–Crippen MR) is 67.3 cm³/mol.